The minimum atomic E-state index is -1.90. The number of carboxylic acid groups (broad SMARTS) is 1. The van der Waals surface area contributed by atoms with Crippen LogP contribution in [0, 0.1) is 5.92 Å². The van der Waals surface area contributed by atoms with Crippen molar-refractivity contribution < 1.29 is 49.0 Å². The highest BCUT2D eigenvalue weighted by Gasteiger charge is 2.70. The van der Waals surface area contributed by atoms with Crippen molar-refractivity contribution in [2.75, 3.05) is 0 Å². The second-order valence-corrected chi connectivity index (χ2v) is 9.56. The summed E-state index contributed by atoms with van der Waals surface area (Å²) in [5.74, 6) is -3.19. The molecule has 5 rings (SSSR count). The first-order chi connectivity index (χ1) is 16.1. The number of aromatic hydroxyl groups is 1. The maximum atomic E-state index is 12.6. The summed E-state index contributed by atoms with van der Waals surface area (Å²) in [4.78, 5) is 35.3. The lowest BCUT2D eigenvalue weighted by molar-refractivity contribution is -0.172. The van der Waals surface area contributed by atoms with Crippen molar-refractivity contribution in [1.82, 2.24) is 0 Å². The minimum absolute atomic E-state index is 0.00309. The van der Waals surface area contributed by atoms with Gasteiger partial charge in [-0.05, 0) is 56.2 Å². The van der Waals surface area contributed by atoms with Crippen molar-refractivity contribution in [1.29, 1.82) is 0 Å². The van der Waals surface area contributed by atoms with E-state index in [1.165, 1.54) is 0 Å². The molecule has 6 atom stereocenters. The van der Waals surface area contributed by atoms with Gasteiger partial charge in [0.2, 0.25) is 0 Å². The monoisotopic (exact) mass is 474 g/mol. The maximum absolute atomic E-state index is 12.6. The Bertz CT molecular complexity index is 1110. The van der Waals surface area contributed by atoms with Crippen LogP contribution in [0.15, 0.2) is 24.0 Å². The number of carboxylic acids is 1. The van der Waals surface area contributed by atoms with E-state index < -0.39 is 53.7 Å². The smallest absolute Gasteiger partial charge is 0.344 e. The first-order valence-corrected chi connectivity index (χ1v) is 11.3. The Morgan fingerprint density at radius 2 is 2.06 bits per heavy atom. The van der Waals surface area contributed by atoms with Crippen molar-refractivity contribution >= 4 is 17.9 Å². The highest BCUT2D eigenvalue weighted by molar-refractivity contribution is 5.84. The van der Waals surface area contributed by atoms with Crippen LogP contribution in [0.3, 0.4) is 0 Å². The zero-order valence-electron chi connectivity index (χ0n) is 18.5. The van der Waals surface area contributed by atoms with E-state index in [2.05, 4.69) is 4.74 Å². The van der Waals surface area contributed by atoms with Gasteiger partial charge in [0, 0.05) is 5.56 Å². The fraction of sp³-hybridized carbons (Fsp3) is 0.542. The van der Waals surface area contributed by atoms with Gasteiger partial charge in [0.1, 0.15) is 5.76 Å². The van der Waals surface area contributed by atoms with E-state index in [-0.39, 0.29) is 29.6 Å². The molecule has 1 spiro atoms. The van der Waals surface area contributed by atoms with E-state index in [9.17, 15) is 29.7 Å². The van der Waals surface area contributed by atoms with Crippen molar-refractivity contribution in [3.63, 3.8) is 0 Å². The van der Waals surface area contributed by atoms with E-state index in [4.69, 9.17) is 14.6 Å². The molecule has 1 heterocycles. The molecule has 2 bridgehead atoms. The van der Waals surface area contributed by atoms with E-state index in [0.29, 0.717) is 12.8 Å². The molecular formula is C24H26O10. The molecule has 34 heavy (non-hydrogen) atoms. The predicted molar refractivity (Wildman–Crippen MR) is 113 cm³/mol. The van der Waals surface area contributed by atoms with Crippen LogP contribution in [0.5, 0.6) is 11.5 Å². The highest BCUT2D eigenvalue weighted by atomic mass is 16.6. The normalized spacial score (nSPS) is 31.9. The van der Waals surface area contributed by atoms with Crippen LogP contribution < -0.4 is 4.74 Å². The minimum Gasteiger partial charge on any atom is -0.504 e. The zero-order chi connectivity index (χ0) is 24.4. The SMILES string of the molecule is C[C@H](OC(=O)[C@@H](O)CC(=O)OC1=CC[C@@]2(O)[C@@H]3CCCC24c2c(ccc(O)c2O[C@@H]14)C3)C(=O)O. The van der Waals surface area contributed by atoms with Crippen LogP contribution in [0.4, 0.5) is 0 Å². The number of esters is 2. The lowest BCUT2D eigenvalue weighted by Crippen LogP contribution is -2.67. The molecule has 182 valence electrons. The Kier molecular flexibility index (Phi) is 5.14. The average Bonchev–Trinajstić information content (AvgIpc) is 3.12. The largest absolute Gasteiger partial charge is 0.504 e. The van der Waals surface area contributed by atoms with Crippen molar-refractivity contribution in [2.45, 2.75) is 74.8 Å². The Morgan fingerprint density at radius 3 is 2.79 bits per heavy atom. The molecule has 1 aromatic rings. The molecule has 1 saturated carbocycles. The lowest BCUT2D eigenvalue weighted by Gasteiger charge is -2.59. The van der Waals surface area contributed by atoms with Gasteiger partial charge in [0.05, 0.1) is 17.4 Å². The fourth-order valence-corrected chi connectivity index (χ4v) is 6.25. The topological polar surface area (TPSA) is 160 Å². The number of benzene rings is 1. The van der Waals surface area contributed by atoms with E-state index in [1.807, 2.05) is 6.07 Å². The number of hydrogen-bond acceptors (Lipinski definition) is 9. The molecule has 1 fully saturated rings. The maximum Gasteiger partial charge on any atom is 0.344 e. The highest BCUT2D eigenvalue weighted by Crippen LogP contribution is 2.67. The molecule has 4 aliphatic rings. The molecule has 4 N–H and O–H groups in total. The third-order valence-corrected chi connectivity index (χ3v) is 7.77. The van der Waals surface area contributed by atoms with Crippen LogP contribution >= 0.6 is 0 Å². The predicted octanol–water partition coefficient (Wildman–Crippen LogP) is 1.08. The summed E-state index contributed by atoms with van der Waals surface area (Å²) in [7, 11) is 0. The Hall–Kier alpha value is -3.11. The van der Waals surface area contributed by atoms with Gasteiger partial charge in [-0.25, -0.2) is 9.59 Å². The molecule has 0 saturated heterocycles. The Morgan fingerprint density at radius 1 is 1.29 bits per heavy atom. The van der Waals surface area contributed by atoms with Gasteiger partial charge in [0.15, 0.2) is 29.8 Å². The summed E-state index contributed by atoms with van der Waals surface area (Å²) in [5, 5.41) is 41.2. The number of carbonyl (C=O) groups is 3. The number of carbonyl (C=O) groups excluding carboxylic acids is 2. The molecule has 0 radical (unpaired) electrons. The van der Waals surface area contributed by atoms with Gasteiger partial charge in [-0.3, -0.25) is 4.79 Å². The summed E-state index contributed by atoms with van der Waals surface area (Å²) in [5.41, 5.74) is -0.225. The third-order valence-electron chi connectivity index (χ3n) is 7.77. The quantitative estimate of drug-likeness (QED) is 0.439. The number of phenolic OH excluding ortho intramolecular Hbond substituents is 1. The molecule has 3 aliphatic carbocycles. The molecule has 0 amide bonds. The third kappa shape index (κ3) is 3.05. The van der Waals surface area contributed by atoms with Gasteiger partial charge < -0.3 is 34.6 Å². The summed E-state index contributed by atoms with van der Waals surface area (Å²) in [6, 6.07) is 3.42. The number of hydrogen-bond donors (Lipinski definition) is 4. The second-order valence-electron chi connectivity index (χ2n) is 9.56. The summed E-state index contributed by atoms with van der Waals surface area (Å²) < 4.78 is 16.3. The number of rotatable bonds is 6. The zero-order valence-corrected chi connectivity index (χ0v) is 18.5. The van der Waals surface area contributed by atoms with Crippen LogP contribution in [0.1, 0.15) is 50.2 Å². The molecule has 1 aliphatic heterocycles. The Balaban J connectivity index is 1.40. The molecule has 1 unspecified atom stereocenters. The molecule has 0 aromatic heterocycles. The first kappa shape index (κ1) is 22.7. The summed E-state index contributed by atoms with van der Waals surface area (Å²) >= 11 is 0. The molecule has 1 aromatic carbocycles. The van der Waals surface area contributed by atoms with Gasteiger partial charge in [0.25, 0.3) is 0 Å². The lowest BCUT2D eigenvalue weighted by atomic mass is 9.47. The molecule has 10 heteroatoms. The number of aliphatic hydroxyl groups excluding tert-OH is 1. The molecular weight excluding hydrogens is 448 g/mol. The Labute approximate surface area is 194 Å². The second kappa shape index (κ2) is 7.71. The van der Waals surface area contributed by atoms with E-state index >= 15 is 0 Å². The van der Waals surface area contributed by atoms with Gasteiger partial charge in [-0.15, -0.1) is 0 Å². The van der Waals surface area contributed by atoms with Crippen LogP contribution in [-0.4, -0.2) is 62.2 Å². The first-order valence-electron chi connectivity index (χ1n) is 11.3. The van der Waals surface area contributed by atoms with Crippen molar-refractivity contribution in [3.8, 4) is 11.5 Å². The summed E-state index contributed by atoms with van der Waals surface area (Å²) in [6.45, 7) is 1.12. The number of aliphatic hydroxyl groups is 2. The average molecular weight is 474 g/mol. The number of ether oxygens (including phenoxy) is 3. The number of phenols is 1. The number of aliphatic carboxylic acids is 1. The fourth-order valence-electron chi connectivity index (χ4n) is 6.25. The van der Waals surface area contributed by atoms with Crippen LogP contribution in [-0.2, 0) is 35.7 Å². The van der Waals surface area contributed by atoms with Crippen molar-refractivity contribution in [3.05, 3.63) is 35.1 Å². The van der Waals surface area contributed by atoms with Gasteiger partial charge in [-0.1, -0.05) is 12.5 Å². The van der Waals surface area contributed by atoms with Crippen LogP contribution in [0.25, 0.3) is 0 Å². The van der Waals surface area contributed by atoms with Crippen molar-refractivity contribution in [2.24, 2.45) is 5.92 Å². The molecule has 10 nitrogen and oxygen atoms in total. The van der Waals surface area contributed by atoms with Gasteiger partial charge in [-0.2, -0.15) is 0 Å². The standard InChI is InChI=1S/C24H26O10/c1-11(21(28)29)32-22(30)15(26)10-17(27)33-16-6-8-24(31)13-3-2-7-23(24)18-12(9-13)4-5-14(25)19(18)34-20(16)23/h4-6,11,13,15,20,25-26,31H,2-3,7-10H2,1H3,(H,28,29)/t11-,13+,15-,20-,23?,24+/m0/s1. The summed E-state index contributed by atoms with van der Waals surface area (Å²) in [6.07, 6.45) is -0.196. The van der Waals surface area contributed by atoms with E-state index in [0.717, 1.165) is 30.9 Å². The van der Waals surface area contributed by atoms with Gasteiger partial charge >= 0.3 is 17.9 Å². The van der Waals surface area contributed by atoms with E-state index in [1.54, 1.807) is 12.1 Å². The van der Waals surface area contributed by atoms with Crippen LogP contribution in [0.2, 0.25) is 0 Å².